The monoisotopic (exact) mass is 418 g/mol. The summed E-state index contributed by atoms with van der Waals surface area (Å²) in [5.74, 6) is -0.462. The van der Waals surface area contributed by atoms with Crippen molar-refractivity contribution in [3.63, 3.8) is 0 Å². The molecule has 3 rings (SSSR count). The third-order valence-corrected chi connectivity index (χ3v) is 5.08. The normalized spacial score (nSPS) is 26.8. The van der Waals surface area contributed by atoms with Gasteiger partial charge < -0.3 is 24.1 Å². The molecule has 0 aliphatic carbocycles. The molecule has 0 spiro atoms. The first kappa shape index (κ1) is 21.8. The van der Waals surface area contributed by atoms with Gasteiger partial charge in [-0.2, -0.15) is 0 Å². The van der Waals surface area contributed by atoms with E-state index in [0.717, 1.165) is 11.1 Å². The highest BCUT2D eigenvalue weighted by Gasteiger charge is 2.48. The van der Waals surface area contributed by atoms with Crippen LogP contribution in [0.5, 0.6) is 0 Å². The average Bonchev–Trinajstić information content (AvgIpc) is 2.73. The van der Waals surface area contributed by atoms with Gasteiger partial charge in [0.15, 0.2) is 6.10 Å². The summed E-state index contributed by atoms with van der Waals surface area (Å²) >= 11 is 4.47. The molecule has 1 fully saturated rings. The van der Waals surface area contributed by atoms with Gasteiger partial charge in [-0.1, -0.05) is 60.7 Å². The summed E-state index contributed by atoms with van der Waals surface area (Å²) in [6.45, 7) is 1.63. The van der Waals surface area contributed by atoms with Gasteiger partial charge >= 0.3 is 5.97 Å². The fraction of sp³-hybridized carbons (Fsp3) is 0.409. The number of hydrogen-bond donors (Lipinski definition) is 2. The minimum absolute atomic E-state index is 0.284. The molecule has 0 saturated carbocycles. The van der Waals surface area contributed by atoms with Crippen molar-refractivity contribution in [2.75, 3.05) is 6.61 Å². The van der Waals surface area contributed by atoms with Gasteiger partial charge in [0.25, 0.3) is 0 Å². The number of esters is 1. The van der Waals surface area contributed by atoms with Crippen molar-refractivity contribution in [3.05, 3.63) is 71.8 Å². The Morgan fingerprint density at radius 1 is 0.931 bits per heavy atom. The summed E-state index contributed by atoms with van der Waals surface area (Å²) in [7, 11) is 0. The maximum atomic E-state index is 11.8. The Morgan fingerprint density at radius 3 is 1.93 bits per heavy atom. The zero-order valence-electron chi connectivity index (χ0n) is 16.2. The minimum Gasteiger partial charge on any atom is -0.457 e. The molecule has 29 heavy (non-hydrogen) atoms. The quantitative estimate of drug-likeness (QED) is 0.507. The second-order valence-corrected chi connectivity index (χ2v) is 7.35. The third kappa shape index (κ3) is 6.04. The van der Waals surface area contributed by atoms with Crippen LogP contribution in [-0.4, -0.2) is 47.5 Å². The van der Waals surface area contributed by atoms with Crippen molar-refractivity contribution in [1.29, 1.82) is 0 Å². The number of aliphatic hydroxyl groups excluding tert-OH is 1. The number of carbonyl (C=O) groups is 1. The van der Waals surface area contributed by atoms with Gasteiger partial charge in [-0.3, -0.25) is 4.79 Å². The van der Waals surface area contributed by atoms with E-state index in [9.17, 15) is 9.90 Å². The maximum Gasteiger partial charge on any atom is 0.303 e. The molecule has 1 N–H and O–H groups in total. The molecule has 5 atom stereocenters. The van der Waals surface area contributed by atoms with E-state index in [1.54, 1.807) is 0 Å². The van der Waals surface area contributed by atoms with Crippen LogP contribution in [0.4, 0.5) is 0 Å². The molecule has 0 bridgehead atoms. The van der Waals surface area contributed by atoms with E-state index < -0.39 is 35.8 Å². The highest BCUT2D eigenvalue weighted by molar-refractivity contribution is 7.80. The molecular weight excluding hydrogens is 392 g/mol. The van der Waals surface area contributed by atoms with Crippen LogP contribution in [0.3, 0.4) is 0 Å². The Kier molecular flexibility index (Phi) is 8.09. The largest absolute Gasteiger partial charge is 0.457 e. The van der Waals surface area contributed by atoms with E-state index in [2.05, 4.69) is 12.6 Å². The van der Waals surface area contributed by atoms with Crippen LogP contribution in [0, 0.1) is 0 Å². The predicted octanol–water partition coefficient (Wildman–Crippen LogP) is 2.74. The number of thiol groups is 1. The van der Waals surface area contributed by atoms with Crippen molar-refractivity contribution in [3.8, 4) is 0 Å². The van der Waals surface area contributed by atoms with Crippen LogP contribution in [0.15, 0.2) is 60.7 Å². The number of carbonyl (C=O) groups excluding carboxylic acids is 1. The van der Waals surface area contributed by atoms with Crippen molar-refractivity contribution < 1.29 is 28.8 Å². The molecule has 1 saturated heterocycles. The Labute approximate surface area is 176 Å². The molecule has 0 radical (unpaired) electrons. The minimum atomic E-state index is -0.770. The van der Waals surface area contributed by atoms with Gasteiger partial charge in [0.2, 0.25) is 0 Å². The lowest BCUT2D eigenvalue weighted by atomic mass is 9.99. The Morgan fingerprint density at radius 2 is 1.45 bits per heavy atom. The molecular formula is C22H26O6S. The lowest BCUT2D eigenvalue weighted by molar-refractivity contribution is -0.245. The lowest BCUT2D eigenvalue weighted by Crippen LogP contribution is -2.60. The van der Waals surface area contributed by atoms with Gasteiger partial charge in [0.05, 0.1) is 19.8 Å². The predicted molar refractivity (Wildman–Crippen MR) is 110 cm³/mol. The van der Waals surface area contributed by atoms with E-state index in [1.807, 2.05) is 60.7 Å². The Balaban J connectivity index is 1.76. The van der Waals surface area contributed by atoms with E-state index in [4.69, 9.17) is 18.9 Å². The second-order valence-electron chi connectivity index (χ2n) is 6.84. The first-order valence-electron chi connectivity index (χ1n) is 9.51. The van der Waals surface area contributed by atoms with Gasteiger partial charge in [-0.25, -0.2) is 0 Å². The zero-order chi connectivity index (χ0) is 20.6. The van der Waals surface area contributed by atoms with E-state index >= 15 is 0 Å². The van der Waals surface area contributed by atoms with Crippen molar-refractivity contribution in [2.45, 2.75) is 50.0 Å². The lowest BCUT2D eigenvalue weighted by Gasteiger charge is -2.43. The summed E-state index contributed by atoms with van der Waals surface area (Å²) in [6.07, 6.45) is -2.82. The first-order chi connectivity index (χ1) is 14.1. The standard InChI is InChI=1S/C22H26O6S/c1-15(24)27-20-19(25-13-16-8-4-2-5-9-16)18(12-23)28-22(29)21(20)26-14-17-10-6-3-7-11-17/h2-11,18-23,29H,12-14H2,1H3/t18-,19-,20+,21-,22-/m1/s1. The van der Waals surface area contributed by atoms with Crippen molar-refractivity contribution >= 4 is 18.6 Å². The summed E-state index contributed by atoms with van der Waals surface area (Å²) in [6, 6.07) is 19.3. The molecule has 1 heterocycles. The molecule has 6 nitrogen and oxygen atoms in total. The zero-order valence-corrected chi connectivity index (χ0v) is 17.1. The number of ether oxygens (including phenoxy) is 4. The number of aliphatic hydroxyl groups is 1. The Bertz CT molecular complexity index is 756. The molecule has 7 heteroatoms. The Hall–Kier alpha value is -1.90. The van der Waals surface area contributed by atoms with Gasteiger partial charge in [-0.05, 0) is 11.1 Å². The maximum absolute atomic E-state index is 11.8. The van der Waals surface area contributed by atoms with E-state index in [0.29, 0.717) is 6.61 Å². The summed E-state index contributed by atoms with van der Waals surface area (Å²) < 4.78 is 23.5. The molecule has 2 aromatic carbocycles. The van der Waals surface area contributed by atoms with Crippen LogP contribution in [0.2, 0.25) is 0 Å². The van der Waals surface area contributed by atoms with Crippen LogP contribution in [0.1, 0.15) is 18.1 Å². The smallest absolute Gasteiger partial charge is 0.303 e. The van der Waals surface area contributed by atoms with Gasteiger partial charge in [0, 0.05) is 6.92 Å². The van der Waals surface area contributed by atoms with Crippen LogP contribution >= 0.6 is 12.6 Å². The van der Waals surface area contributed by atoms with Crippen LogP contribution < -0.4 is 0 Å². The molecule has 2 aromatic rings. The van der Waals surface area contributed by atoms with Crippen molar-refractivity contribution in [2.24, 2.45) is 0 Å². The molecule has 0 amide bonds. The molecule has 1 aliphatic heterocycles. The van der Waals surface area contributed by atoms with Crippen LogP contribution in [-0.2, 0) is 37.0 Å². The fourth-order valence-corrected chi connectivity index (χ4v) is 3.69. The average molecular weight is 419 g/mol. The van der Waals surface area contributed by atoms with Gasteiger partial charge in [0.1, 0.15) is 23.7 Å². The third-order valence-electron chi connectivity index (χ3n) is 4.66. The highest BCUT2D eigenvalue weighted by Crippen LogP contribution is 2.31. The highest BCUT2D eigenvalue weighted by atomic mass is 32.1. The number of benzene rings is 2. The molecule has 1 aliphatic rings. The summed E-state index contributed by atoms with van der Waals surface area (Å²) in [5, 5.41) is 9.80. The van der Waals surface area contributed by atoms with Crippen LogP contribution in [0.25, 0.3) is 0 Å². The van der Waals surface area contributed by atoms with Gasteiger partial charge in [-0.15, -0.1) is 12.6 Å². The van der Waals surface area contributed by atoms with E-state index in [1.165, 1.54) is 6.92 Å². The topological polar surface area (TPSA) is 74.2 Å². The first-order valence-corrected chi connectivity index (χ1v) is 10.0. The molecule has 156 valence electrons. The summed E-state index contributed by atoms with van der Waals surface area (Å²) in [5.41, 5.74) is 1.25. The van der Waals surface area contributed by atoms with Crippen molar-refractivity contribution in [1.82, 2.24) is 0 Å². The molecule has 0 unspecified atom stereocenters. The summed E-state index contributed by atoms with van der Waals surface area (Å²) in [4.78, 5) is 11.8. The second kappa shape index (κ2) is 10.8. The SMILES string of the molecule is CC(=O)O[C@@H]1[C@@H](OCc2ccccc2)[C@@H](S)O[C@H](CO)[C@H]1OCc1ccccc1. The number of rotatable bonds is 8. The van der Waals surface area contributed by atoms with E-state index in [-0.39, 0.29) is 13.2 Å². The number of hydrogen-bond acceptors (Lipinski definition) is 7. The molecule has 0 aromatic heterocycles. The fourth-order valence-electron chi connectivity index (χ4n) is 3.28.